The summed E-state index contributed by atoms with van der Waals surface area (Å²) in [4.78, 5) is 40.0. The maximum absolute atomic E-state index is 13.7. The number of nitrogens with two attached hydrogens (primary N) is 1. The fraction of sp³-hybridized carbons (Fsp3) is 0.409. The van der Waals surface area contributed by atoms with Crippen LogP contribution < -0.4 is 5.73 Å². The van der Waals surface area contributed by atoms with Gasteiger partial charge in [0.2, 0.25) is 5.78 Å². The Morgan fingerprint density at radius 1 is 1.18 bits per heavy atom. The van der Waals surface area contributed by atoms with E-state index >= 15 is 0 Å². The first kappa shape index (κ1) is 23.2. The zero-order valence-electron chi connectivity index (χ0n) is 17.9. The quantitative estimate of drug-likeness (QED) is 0.322. The van der Waals surface area contributed by atoms with Crippen molar-refractivity contribution in [1.29, 1.82) is 0 Å². The lowest BCUT2D eigenvalue weighted by molar-refractivity contribution is -0.169. The number of carbonyl (C=O) groups is 3. The molecule has 11 heteroatoms. The third-order valence-electron chi connectivity index (χ3n) is 7.08. The normalized spacial score (nSPS) is 33.7. The maximum Gasteiger partial charge on any atom is 0.255 e. The number of phenols is 1. The van der Waals surface area contributed by atoms with Crippen LogP contribution in [0.15, 0.2) is 29.0 Å². The Morgan fingerprint density at radius 3 is 2.33 bits per heavy atom. The molecule has 0 heterocycles. The van der Waals surface area contributed by atoms with Crippen LogP contribution in [0.1, 0.15) is 24.0 Å². The second-order valence-corrected chi connectivity index (χ2v) is 9.32. The summed E-state index contributed by atoms with van der Waals surface area (Å²) in [5.74, 6) is -9.37. The Morgan fingerprint density at radius 2 is 1.79 bits per heavy atom. The molecule has 0 aromatic heterocycles. The van der Waals surface area contributed by atoms with Crippen LogP contribution in [0.5, 0.6) is 5.75 Å². The predicted molar refractivity (Wildman–Crippen MR) is 115 cm³/mol. The SMILES string of the molecule is C[C@H]1c2ccc(Cl)c(O)c2C(O)=C2C(=O)[C@]3(O)C(O)=C(C(N)=O)C(=O)[C@@H](N(C)C)[C@@H]3[C@@H](O)[C@@H]21. The summed E-state index contributed by atoms with van der Waals surface area (Å²) in [7, 11) is 2.90. The number of phenolic OH excluding ortho intramolecular Hbond substituents is 1. The second kappa shape index (κ2) is 7.29. The minimum Gasteiger partial charge on any atom is -0.508 e. The minimum absolute atomic E-state index is 0.0957. The monoisotopic (exact) mass is 478 g/mol. The van der Waals surface area contributed by atoms with Crippen molar-refractivity contribution in [3.8, 4) is 5.75 Å². The highest BCUT2D eigenvalue weighted by atomic mass is 35.5. The van der Waals surface area contributed by atoms with E-state index in [0.717, 1.165) is 0 Å². The van der Waals surface area contributed by atoms with E-state index in [4.69, 9.17) is 17.3 Å². The molecule has 1 amide bonds. The third kappa shape index (κ3) is 2.75. The van der Waals surface area contributed by atoms with Crippen LogP contribution in [0, 0.1) is 11.8 Å². The lowest BCUT2D eigenvalue weighted by Crippen LogP contribution is -2.70. The number of aliphatic hydroxyl groups excluding tert-OH is 3. The first-order chi connectivity index (χ1) is 15.3. The van der Waals surface area contributed by atoms with E-state index in [-0.39, 0.29) is 10.6 Å². The van der Waals surface area contributed by atoms with E-state index in [0.29, 0.717) is 5.56 Å². The molecular weight excluding hydrogens is 456 g/mol. The smallest absolute Gasteiger partial charge is 0.255 e. The number of hydrogen-bond acceptors (Lipinski definition) is 9. The number of primary amides is 1. The van der Waals surface area contributed by atoms with Gasteiger partial charge in [-0.15, -0.1) is 0 Å². The number of nitrogens with zero attached hydrogens (tertiary/aromatic N) is 1. The van der Waals surface area contributed by atoms with E-state index in [2.05, 4.69) is 0 Å². The number of aromatic hydroxyl groups is 1. The van der Waals surface area contributed by atoms with E-state index < -0.39 is 81.4 Å². The molecule has 3 aliphatic carbocycles. The molecule has 33 heavy (non-hydrogen) atoms. The number of ketones is 2. The van der Waals surface area contributed by atoms with Crippen molar-refractivity contribution in [2.45, 2.75) is 30.6 Å². The van der Waals surface area contributed by atoms with Gasteiger partial charge in [0.25, 0.3) is 5.91 Å². The maximum atomic E-state index is 13.7. The number of hydrogen-bond donors (Lipinski definition) is 6. The largest absolute Gasteiger partial charge is 0.508 e. The van der Waals surface area contributed by atoms with Gasteiger partial charge in [0, 0.05) is 11.5 Å². The molecule has 1 aromatic rings. The zero-order chi connectivity index (χ0) is 24.7. The van der Waals surface area contributed by atoms with Crippen molar-refractivity contribution in [3.05, 3.63) is 45.2 Å². The van der Waals surface area contributed by atoms with Crippen molar-refractivity contribution >= 4 is 34.8 Å². The fourth-order valence-corrected chi connectivity index (χ4v) is 5.75. The van der Waals surface area contributed by atoms with Gasteiger partial charge < -0.3 is 31.3 Å². The molecule has 1 fully saturated rings. The van der Waals surface area contributed by atoms with Crippen LogP contribution >= 0.6 is 11.6 Å². The molecule has 4 rings (SSSR count). The summed E-state index contributed by atoms with van der Waals surface area (Å²) in [6.45, 7) is 1.64. The standard InChI is InChI=1S/C22H23ClN2O8/c1-6-7-4-5-8(23)15(26)10(7)16(27)11-9(6)17(28)13-14(25(2)3)18(29)12(21(24)32)20(31)22(13,33)19(11)30/h4-6,9,13-14,17,26-28,31,33H,1-3H3,(H2,24,32)/t6-,9+,13+,14-,17-,22-/m0/s1. The number of rotatable bonds is 2. The van der Waals surface area contributed by atoms with Gasteiger partial charge in [-0.25, -0.2) is 0 Å². The lowest BCUT2D eigenvalue weighted by Gasteiger charge is -2.53. The van der Waals surface area contributed by atoms with Gasteiger partial charge in [0.15, 0.2) is 11.4 Å². The van der Waals surface area contributed by atoms with Gasteiger partial charge in [-0.05, 0) is 31.6 Å². The summed E-state index contributed by atoms with van der Waals surface area (Å²) in [6, 6.07) is 1.55. The summed E-state index contributed by atoms with van der Waals surface area (Å²) in [5.41, 5.74) is 1.17. The molecule has 1 aromatic carbocycles. The first-order valence-corrected chi connectivity index (χ1v) is 10.5. The summed E-state index contributed by atoms with van der Waals surface area (Å²) in [6.07, 6.45) is -1.63. The number of halogens is 1. The zero-order valence-corrected chi connectivity index (χ0v) is 18.7. The molecule has 0 radical (unpaired) electrons. The van der Waals surface area contributed by atoms with Crippen LogP contribution in [0.25, 0.3) is 5.76 Å². The van der Waals surface area contributed by atoms with Gasteiger partial charge in [-0.1, -0.05) is 24.6 Å². The fourth-order valence-electron chi connectivity index (χ4n) is 5.59. The number of amides is 1. The topological polar surface area (TPSA) is 182 Å². The Bertz CT molecular complexity index is 1190. The number of fused-ring (bicyclic) bond motifs is 3. The van der Waals surface area contributed by atoms with Crippen molar-refractivity contribution in [1.82, 2.24) is 4.90 Å². The Balaban J connectivity index is 2.07. The average molecular weight is 479 g/mol. The molecule has 0 saturated heterocycles. The molecule has 0 spiro atoms. The molecule has 0 aliphatic heterocycles. The van der Waals surface area contributed by atoms with Gasteiger partial charge in [0.1, 0.15) is 22.8 Å². The summed E-state index contributed by atoms with van der Waals surface area (Å²) in [5, 5.41) is 55.1. The minimum atomic E-state index is -2.93. The average Bonchev–Trinajstić information content (AvgIpc) is 2.72. The third-order valence-corrected chi connectivity index (χ3v) is 7.39. The van der Waals surface area contributed by atoms with E-state index in [1.807, 2.05) is 0 Å². The van der Waals surface area contributed by atoms with Gasteiger partial charge in [-0.3, -0.25) is 19.3 Å². The summed E-state index contributed by atoms with van der Waals surface area (Å²) < 4.78 is 0. The number of aliphatic hydroxyl groups is 4. The van der Waals surface area contributed by atoms with Crippen LogP contribution in [0.2, 0.25) is 5.02 Å². The lowest BCUT2D eigenvalue weighted by atomic mass is 9.54. The molecule has 10 nitrogen and oxygen atoms in total. The molecule has 1 saturated carbocycles. The number of Topliss-reactive ketones (excluding diaryl/α,β-unsaturated/α-hetero) is 2. The molecular formula is C22H23ClN2O8. The van der Waals surface area contributed by atoms with Crippen molar-refractivity contribution < 1.29 is 39.9 Å². The highest BCUT2D eigenvalue weighted by Gasteiger charge is 2.68. The Kier molecular flexibility index (Phi) is 5.14. The highest BCUT2D eigenvalue weighted by Crippen LogP contribution is 2.56. The number of likely N-dealkylation sites (N-methyl/N-ethyl adjacent to an activating group) is 1. The molecule has 7 N–H and O–H groups in total. The molecule has 3 aliphatic rings. The van der Waals surface area contributed by atoms with Crippen molar-refractivity contribution in [2.75, 3.05) is 14.1 Å². The van der Waals surface area contributed by atoms with Crippen LogP contribution in [0.4, 0.5) is 0 Å². The van der Waals surface area contributed by atoms with Gasteiger partial charge in [-0.2, -0.15) is 0 Å². The van der Waals surface area contributed by atoms with E-state index in [9.17, 15) is 39.9 Å². The van der Waals surface area contributed by atoms with Crippen LogP contribution in [-0.4, -0.2) is 79.7 Å². The molecule has 176 valence electrons. The molecule has 0 unspecified atom stereocenters. The predicted octanol–water partition coefficient (Wildman–Crippen LogP) is 0.149. The number of benzene rings is 1. The van der Waals surface area contributed by atoms with Gasteiger partial charge >= 0.3 is 0 Å². The van der Waals surface area contributed by atoms with E-state index in [1.54, 1.807) is 6.92 Å². The van der Waals surface area contributed by atoms with Crippen molar-refractivity contribution in [2.24, 2.45) is 17.6 Å². The van der Waals surface area contributed by atoms with Crippen LogP contribution in [-0.2, 0) is 14.4 Å². The second-order valence-electron chi connectivity index (χ2n) is 8.91. The molecule has 6 atom stereocenters. The van der Waals surface area contributed by atoms with E-state index in [1.165, 1.54) is 31.1 Å². The highest BCUT2D eigenvalue weighted by molar-refractivity contribution is 6.32. The Labute approximate surface area is 193 Å². The first-order valence-electron chi connectivity index (χ1n) is 10.1. The van der Waals surface area contributed by atoms with Crippen LogP contribution in [0.3, 0.4) is 0 Å². The number of carbonyl (C=O) groups excluding carboxylic acids is 3. The Hall–Kier alpha value is -2.92. The van der Waals surface area contributed by atoms with Crippen molar-refractivity contribution in [3.63, 3.8) is 0 Å². The molecule has 0 bridgehead atoms. The summed E-state index contributed by atoms with van der Waals surface area (Å²) >= 11 is 5.97. The van der Waals surface area contributed by atoms with Gasteiger partial charge in [0.05, 0.1) is 28.6 Å².